The van der Waals surface area contributed by atoms with E-state index in [1.165, 1.54) is 6.20 Å². The Kier molecular flexibility index (Phi) is 8.91. The molecule has 1 unspecified atom stereocenters. The van der Waals surface area contributed by atoms with Crippen molar-refractivity contribution in [3.63, 3.8) is 0 Å². The molecule has 0 aliphatic heterocycles. The van der Waals surface area contributed by atoms with Crippen molar-refractivity contribution in [3.05, 3.63) is 46.6 Å². The highest BCUT2D eigenvalue weighted by molar-refractivity contribution is 6.31. The van der Waals surface area contributed by atoms with Crippen LogP contribution in [0.3, 0.4) is 0 Å². The van der Waals surface area contributed by atoms with Crippen LogP contribution in [0, 0.1) is 11.8 Å². The number of rotatable bonds is 9. The molecule has 1 aromatic carbocycles. The third-order valence-corrected chi connectivity index (χ3v) is 6.42. The molecule has 1 heterocycles. The molecule has 35 heavy (non-hydrogen) atoms. The van der Waals surface area contributed by atoms with Crippen molar-refractivity contribution in [2.75, 3.05) is 17.2 Å². The van der Waals surface area contributed by atoms with Gasteiger partial charge in [-0.25, -0.2) is 9.78 Å². The summed E-state index contributed by atoms with van der Waals surface area (Å²) >= 11 is 6.20. The minimum atomic E-state index is -1.10. The predicted octanol–water partition coefficient (Wildman–Crippen LogP) is 4.33. The van der Waals surface area contributed by atoms with Crippen molar-refractivity contribution < 1.29 is 19.4 Å². The predicted molar refractivity (Wildman–Crippen MR) is 136 cm³/mol. The van der Waals surface area contributed by atoms with Gasteiger partial charge in [0.2, 0.25) is 5.95 Å². The first kappa shape index (κ1) is 26.7. The molecule has 5 N–H and O–H groups in total. The second-order valence-corrected chi connectivity index (χ2v) is 10.3. The Labute approximate surface area is 210 Å². The number of nitrogens with two attached hydrogens (primary N) is 1. The van der Waals surface area contributed by atoms with Crippen molar-refractivity contribution in [3.8, 4) is 0 Å². The number of carboxylic acids is 1. The second kappa shape index (κ2) is 11.7. The average molecular weight is 504 g/mol. The van der Waals surface area contributed by atoms with E-state index in [1.807, 2.05) is 39.0 Å². The molecule has 0 spiro atoms. The second-order valence-electron chi connectivity index (χ2n) is 9.93. The summed E-state index contributed by atoms with van der Waals surface area (Å²) < 4.78 is 5.43. The molecule has 1 aromatic heterocycles. The van der Waals surface area contributed by atoms with Gasteiger partial charge >= 0.3 is 11.9 Å². The van der Waals surface area contributed by atoms with Crippen LogP contribution in [0.4, 0.5) is 11.8 Å². The number of halogens is 1. The fourth-order valence-corrected chi connectivity index (χ4v) is 4.33. The highest BCUT2D eigenvalue weighted by Gasteiger charge is 2.32. The zero-order chi connectivity index (χ0) is 25.6. The van der Waals surface area contributed by atoms with Crippen LogP contribution in [0.5, 0.6) is 0 Å². The Hall–Kier alpha value is -2.91. The molecule has 1 saturated carbocycles. The largest absolute Gasteiger partial charge is 0.477 e. The molecule has 1 aliphatic rings. The summed E-state index contributed by atoms with van der Waals surface area (Å²) in [6.45, 7) is 6.46. The van der Waals surface area contributed by atoms with Crippen molar-refractivity contribution in [2.24, 2.45) is 17.6 Å². The Balaban J connectivity index is 1.56. The molecule has 0 saturated heterocycles. The van der Waals surface area contributed by atoms with Gasteiger partial charge in [-0.15, -0.1) is 0 Å². The van der Waals surface area contributed by atoms with Gasteiger partial charge in [-0.05, 0) is 69.9 Å². The summed E-state index contributed by atoms with van der Waals surface area (Å²) in [5.41, 5.74) is 6.51. The number of aromatic nitrogens is 2. The van der Waals surface area contributed by atoms with E-state index < -0.39 is 17.6 Å². The van der Waals surface area contributed by atoms with Crippen molar-refractivity contribution in [2.45, 2.75) is 64.6 Å². The highest BCUT2D eigenvalue weighted by atomic mass is 35.5. The number of carboxylic acid groups (broad SMARTS) is 1. The van der Waals surface area contributed by atoms with Crippen LogP contribution < -0.4 is 16.4 Å². The molecule has 1 atom stereocenters. The van der Waals surface area contributed by atoms with Crippen LogP contribution in [0.25, 0.3) is 0 Å². The normalized spacial score (nSPS) is 19.0. The summed E-state index contributed by atoms with van der Waals surface area (Å²) in [4.78, 5) is 32.5. The van der Waals surface area contributed by atoms with Gasteiger partial charge in [-0.1, -0.05) is 29.8 Å². The van der Waals surface area contributed by atoms with Crippen molar-refractivity contribution in [1.29, 1.82) is 0 Å². The smallest absolute Gasteiger partial charge is 0.341 e. The van der Waals surface area contributed by atoms with Crippen molar-refractivity contribution in [1.82, 2.24) is 9.97 Å². The maximum atomic E-state index is 12.3. The Bertz CT molecular complexity index is 1030. The Morgan fingerprint density at radius 2 is 1.89 bits per heavy atom. The first-order valence-corrected chi connectivity index (χ1v) is 12.2. The third kappa shape index (κ3) is 7.80. The molecule has 0 radical (unpaired) electrons. The van der Waals surface area contributed by atoms with Crippen LogP contribution in [0.15, 0.2) is 30.5 Å². The number of carbonyl (C=O) groups is 2. The van der Waals surface area contributed by atoms with Crippen molar-refractivity contribution >= 4 is 35.3 Å². The highest BCUT2D eigenvalue weighted by Crippen LogP contribution is 2.31. The van der Waals surface area contributed by atoms with Crippen LogP contribution in [0.2, 0.25) is 5.02 Å². The van der Waals surface area contributed by atoms with E-state index >= 15 is 0 Å². The molecule has 0 amide bonds. The number of nitrogens with one attached hydrogen (secondary N) is 2. The number of nitrogens with zero attached hydrogens (tertiary/aromatic N) is 2. The Morgan fingerprint density at radius 3 is 2.51 bits per heavy atom. The van der Waals surface area contributed by atoms with E-state index in [2.05, 4.69) is 20.6 Å². The minimum absolute atomic E-state index is 0.00827. The summed E-state index contributed by atoms with van der Waals surface area (Å²) in [5.74, 6) is -0.491. The molecule has 3 rings (SSSR count). The summed E-state index contributed by atoms with van der Waals surface area (Å²) in [6, 6.07) is 6.81. The first-order chi connectivity index (χ1) is 16.5. The fourth-order valence-electron chi connectivity index (χ4n) is 4.13. The zero-order valence-electron chi connectivity index (χ0n) is 20.4. The molecular formula is C25H34ClN5O4. The maximum Gasteiger partial charge on any atom is 0.341 e. The maximum absolute atomic E-state index is 12.3. The number of anilines is 2. The molecule has 9 nitrogen and oxygen atoms in total. The lowest BCUT2D eigenvalue weighted by molar-refractivity contribution is -0.158. The van der Waals surface area contributed by atoms with E-state index in [0.29, 0.717) is 30.0 Å². The van der Waals surface area contributed by atoms with Gasteiger partial charge in [0.05, 0.1) is 0 Å². The van der Waals surface area contributed by atoms with Crippen LogP contribution in [-0.2, 0) is 16.1 Å². The molecule has 10 heteroatoms. The number of carbonyl (C=O) groups excluding carboxylic acids is 1. The van der Waals surface area contributed by atoms with Gasteiger partial charge < -0.3 is 26.2 Å². The number of ether oxygens (including phenoxy) is 1. The summed E-state index contributed by atoms with van der Waals surface area (Å²) in [6.07, 6.45) is 4.67. The van der Waals surface area contributed by atoms with Gasteiger partial charge in [0.25, 0.3) is 0 Å². The van der Waals surface area contributed by atoms with Gasteiger partial charge in [-0.3, -0.25) is 4.79 Å². The van der Waals surface area contributed by atoms with Gasteiger partial charge in [0.15, 0.2) is 0 Å². The average Bonchev–Trinajstić information content (AvgIpc) is 2.81. The fraction of sp³-hybridized carbons (Fsp3) is 0.520. The number of hydrogen-bond acceptors (Lipinski definition) is 8. The quantitative estimate of drug-likeness (QED) is 0.368. The summed E-state index contributed by atoms with van der Waals surface area (Å²) in [5, 5.41) is 16.5. The van der Waals surface area contributed by atoms with Gasteiger partial charge in [0.1, 0.15) is 23.0 Å². The van der Waals surface area contributed by atoms with E-state index in [4.69, 9.17) is 22.1 Å². The SMILES string of the molecule is CC(C)(C)OC(=O)C(N)C1CCC(CNc2nc(NCc3ccccc3Cl)ncc2C(=O)O)CC1. The zero-order valence-corrected chi connectivity index (χ0v) is 21.1. The lowest BCUT2D eigenvalue weighted by Gasteiger charge is -2.32. The lowest BCUT2D eigenvalue weighted by Crippen LogP contribution is -2.44. The molecule has 190 valence electrons. The molecule has 2 aromatic rings. The number of aromatic carboxylic acids is 1. The molecule has 0 bridgehead atoms. The van der Waals surface area contributed by atoms with E-state index in [1.54, 1.807) is 6.07 Å². The first-order valence-electron chi connectivity index (χ1n) is 11.8. The Morgan fingerprint density at radius 1 is 1.20 bits per heavy atom. The monoisotopic (exact) mass is 503 g/mol. The van der Waals surface area contributed by atoms with E-state index in [9.17, 15) is 14.7 Å². The number of benzene rings is 1. The minimum Gasteiger partial charge on any atom is -0.477 e. The lowest BCUT2D eigenvalue weighted by atomic mass is 9.78. The standard InChI is InChI=1S/C25H34ClN5O4/c1-25(2,3)35-23(34)20(27)16-10-8-15(9-11-16)12-28-21-18(22(32)33)14-30-24(31-21)29-13-17-6-4-5-7-19(17)26/h4-7,14-16,20H,8-13,27H2,1-3H3,(H,32,33)(H2,28,29,30,31). The van der Waals surface area contributed by atoms with Crippen LogP contribution in [0.1, 0.15) is 62.4 Å². The topological polar surface area (TPSA) is 139 Å². The molecule has 1 aliphatic carbocycles. The van der Waals surface area contributed by atoms with Gasteiger partial charge in [-0.2, -0.15) is 4.98 Å². The van der Waals surface area contributed by atoms with Crippen LogP contribution >= 0.6 is 11.6 Å². The molecular weight excluding hydrogens is 470 g/mol. The number of hydrogen-bond donors (Lipinski definition) is 4. The summed E-state index contributed by atoms with van der Waals surface area (Å²) in [7, 11) is 0. The number of esters is 1. The van der Waals surface area contributed by atoms with Gasteiger partial charge in [0, 0.05) is 24.3 Å². The van der Waals surface area contributed by atoms with E-state index in [0.717, 1.165) is 31.2 Å². The van der Waals surface area contributed by atoms with Crippen LogP contribution in [-0.4, -0.2) is 45.2 Å². The van der Waals surface area contributed by atoms with E-state index in [-0.39, 0.29) is 23.3 Å². The third-order valence-electron chi connectivity index (χ3n) is 6.05. The molecule has 1 fully saturated rings.